The van der Waals surface area contributed by atoms with E-state index in [1.54, 1.807) is 13.8 Å². The quantitative estimate of drug-likeness (QED) is 0.693. The van der Waals surface area contributed by atoms with Gasteiger partial charge in [0.2, 0.25) is 5.91 Å². The molecule has 0 saturated heterocycles. The normalized spacial score (nSPS) is 22.1. The van der Waals surface area contributed by atoms with Gasteiger partial charge in [-0.05, 0) is 20.3 Å². The van der Waals surface area contributed by atoms with E-state index in [0.717, 1.165) is 0 Å². The lowest BCUT2D eigenvalue weighted by Crippen LogP contribution is -2.42. The molecule has 0 aliphatic heterocycles. The molecule has 1 N–H and O–H groups in total. The number of hydrogen-bond donors (Lipinski definition) is 1. The van der Waals surface area contributed by atoms with Crippen molar-refractivity contribution in [1.82, 2.24) is 4.90 Å². The summed E-state index contributed by atoms with van der Waals surface area (Å²) in [5.41, 5.74) is 0. The molecule has 1 rings (SSSR count). The number of amides is 1. The third-order valence-corrected chi connectivity index (χ3v) is 2.86. The molecule has 1 aliphatic carbocycles. The first-order valence-electron chi connectivity index (χ1n) is 5.48. The Labute approximate surface area is 99.5 Å². The second-order valence-electron chi connectivity index (χ2n) is 4.42. The van der Waals surface area contributed by atoms with Crippen molar-refractivity contribution < 1.29 is 24.2 Å². The molecule has 96 valence electrons. The number of aliphatic carboxylic acids is 1. The highest BCUT2D eigenvalue weighted by atomic mass is 16.5. The molecular formula is C11H17NO5. The standard InChI is InChI=1S/C11H17NO5/c1-6(2)12(5-9(13)17-3)10(14)7-4-8(7)11(15)16/h6-8H,4-5H2,1-3H3,(H,15,16). The summed E-state index contributed by atoms with van der Waals surface area (Å²) in [6.07, 6.45) is 0.360. The van der Waals surface area contributed by atoms with Gasteiger partial charge in [0.15, 0.2) is 0 Å². The number of nitrogens with zero attached hydrogens (tertiary/aromatic N) is 1. The van der Waals surface area contributed by atoms with E-state index in [1.165, 1.54) is 12.0 Å². The van der Waals surface area contributed by atoms with Crippen LogP contribution in [0, 0.1) is 11.8 Å². The second-order valence-corrected chi connectivity index (χ2v) is 4.42. The van der Waals surface area contributed by atoms with E-state index in [-0.39, 0.29) is 18.5 Å². The maximum absolute atomic E-state index is 12.0. The van der Waals surface area contributed by atoms with Crippen LogP contribution in [0.5, 0.6) is 0 Å². The molecule has 0 heterocycles. The van der Waals surface area contributed by atoms with Gasteiger partial charge in [-0.3, -0.25) is 14.4 Å². The summed E-state index contributed by atoms with van der Waals surface area (Å²) in [5.74, 6) is -2.82. The average Bonchev–Trinajstić information content (AvgIpc) is 3.03. The molecule has 0 aromatic rings. The molecule has 1 fully saturated rings. The van der Waals surface area contributed by atoms with Crippen LogP contribution < -0.4 is 0 Å². The Hall–Kier alpha value is -1.59. The van der Waals surface area contributed by atoms with E-state index in [2.05, 4.69) is 4.74 Å². The molecule has 0 spiro atoms. The molecule has 0 aromatic heterocycles. The fourth-order valence-electron chi connectivity index (χ4n) is 1.67. The van der Waals surface area contributed by atoms with Crippen LogP contribution in [0.15, 0.2) is 0 Å². The largest absolute Gasteiger partial charge is 0.481 e. The number of rotatable bonds is 5. The Morgan fingerprint density at radius 1 is 1.35 bits per heavy atom. The Bertz CT molecular complexity index is 339. The second kappa shape index (κ2) is 5.16. The predicted molar refractivity (Wildman–Crippen MR) is 58.1 cm³/mol. The molecule has 2 atom stereocenters. The Morgan fingerprint density at radius 2 is 1.94 bits per heavy atom. The number of carbonyl (C=O) groups is 3. The minimum absolute atomic E-state index is 0.129. The number of esters is 1. The van der Waals surface area contributed by atoms with E-state index in [9.17, 15) is 14.4 Å². The molecule has 0 aromatic carbocycles. The number of carboxylic acids is 1. The number of carbonyl (C=O) groups excluding carboxylic acids is 2. The highest BCUT2D eigenvalue weighted by Gasteiger charge is 2.50. The fourth-order valence-corrected chi connectivity index (χ4v) is 1.67. The monoisotopic (exact) mass is 243 g/mol. The highest BCUT2D eigenvalue weighted by molar-refractivity contribution is 5.91. The molecule has 1 saturated carbocycles. The molecule has 0 radical (unpaired) electrons. The number of carboxylic acid groups (broad SMARTS) is 1. The van der Waals surface area contributed by atoms with Crippen molar-refractivity contribution in [2.24, 2.45) is 11.8 Å². The van der Waals surface area contributed by atoms with Crippen LogP contribution in [-0.2, 0) is 19.1 Å². The summed E-state index contributed by atoms with van der Waals surface area (Å²) < 4.78 is 4.51. The van der Waals surface area contributed by atoms with Gasteiger partial charge in [0.1, 0.15) is 6.54 Å². The molecule has 6 heteroatoms. The van der Waals surface area contributed by atoms with Crippen molar-refractivity contribution >= 4 is 17.8 Å². The number of methoxy groups -OCH3 is 1. The maximum Gasteiger partial charge on any atom is 0.325 e. The van der Waals surface area contributed by atoms with E-state index < -0.39 is 23.8 Å². The van der Waals surface area contributed by atoms with E-state index in [0.29, 0.717) is 6.42 Å². The summed E-state index contributed by atoms with van der Waals surface area (Å²) in [5, 5.41) is 8.76. The molecule has 1 amide bonds. The Morgan fingerprint density at radius 3 is 2.29 bits per heavy atom. The molecule has 17 heavy (non-hydrogen) atoms. The number of ether oxygens (including phenoxy) is 1. The van der Waals surface area contributed by atoms with E-state index in [4.69, 9.17) is 5.11 Å². The van der Waals surface area contributed by atoms with E-state index in [1.807, 2.05) is 0 Å². The lowest BCUT2D eigenvalue weighted by Gasteiger charge is -2.25. The minimum atomic E-state index is -0.954. The van der Waals surface area contributed by atoms with Gasteiger partial charge in [0, 0.05) is 6.04 Å². The van der Waals surface area contributed by atoms with Crippen LogP contribution >= 0.6 is 0 Å². The molecule has 2 unspecified atom stereocenters. The van der Waals surface area contributed by atoms with E-state index >= 15 is 0 Å². The van der Waals surface area contributed by atoms with Gasteiger partial charge in [-0.15, -0.1) is 0 Å². The minimum Gasteiger partial charge on any atom is -0.481 e. The van der Waals surface area contributed by atoms with Crippen LogP contribution in [0.1, 0.15) is 20.3 Å². The van der Waals surface area contributed by atoms with Crippen LogP contribution in [0.2, 0.25) is 0 Å². The smallest absolute Gasteiger partial charge is 0.325 e. The first-order valence-corrected chi connectivity index (χ1v) is 5.48. The first kappa shape index (κ1) is 13.5. The zero-order valence-electron chi connectivity index (χ0n) is 10.2. The van der Waals surface area contributed by atoms with Gasteiger partial charge in [-0.25, -0.2) is 0 Å². The summed E-state index contributed by atoms with van der Waals surface area (Å²) >= 11 is 0. The van der Waals surface area contributed by atoms with Gasteiger partial charge >= 0.3 is 11.9 Å². The zero-order valence-corrected chi connectivity index (χ0v) is 10.2. The highest BCUT2D eigenvalue weighted by Crippen LogP contribution is 2.40. The van der Waals surface area contributed by atoms with Gasteiger partial charge in [0.05, 0.1) is 18.9 Å². The van der Waals surface area contributed by atoms with Gasteiger partial charge < -0.3 is 14.7 Å². The average molecular weight is 243 g/mol. The van der Waals surface area contributed by atoms with Crippen LogP contribution in [0.3, 0.4) is 0 Å². The zero-order chi connectivity index (χ0) is 13.2. The van der Waals surface area contributed by atoms with Crippen molar-refractivity contribution in [3.05, 3.63) is 0 Å². The molecule has 0 bridgehead atoms. The van der Waals surface area contributed by atoms with Crippen molar-refractivity contribution in [1.29, 1.82) is 0 Å². The summed E-state index contributed by atoms with van der Waals surface area (Å²) in [6, 6.07) is -0.156. The number of hydrogen-bond acceptors (Lipinski definition) is 4. The summed E-state index contributed by atoms with van der Waals surface area (Å²) in [4.78, 5) is 35.2. The maximum atomic E-state index is 12.0. The van der Waals surface area contributed by atoms with Crippen molar-refractivity contribution in [3.8, 4) is 0 Å². The van der Waals surface area contributed by atoms with Crippen molar-refractivity contribution in [2.45, 2.75) is 26.3 Å². The molecular weight excluding hydrogens is 226 g/mol. The summed E-state index contributed by atoms with van der Waals surface area (Å²) in [6.45, 7) is 3.42. The van der Waals surface area contributed by atoms with Gasteiger partial charge in [0.25, 0.3) is 0 Å². The lowest BCUT2D eigenvalue weighted by atomic mass is 10.2. The molecule has 1 aliphatic rings. The lowest BCUT2D eigenvalue weighted by molar-refractivity contribution is -0.149. The van der Waals surface area contributed by atoms with Crippen LogP contribution in [0.4, 0.5) is 0 Å². The van der Waals surface area contributed by atoms with Gasteiger partial charge in [-0.1, -0.05) is 0 Å². The topological polar surface area (TPSA) is 83.9 Å². The summed E-state index contributed by atoms with van der Waals surface area (Å²) in [7, 11) is 1.25. The van der Waals surface area contributed by atoms with Crippen molar-refractivity contribution in [2.75, 3.05) is 13.7 Å². The van der Waals surface area contributed by atoms with Crippen molar-refractivity contribution in [3.63, 3.8) is 0 Å². The third kappa shape index (κ3) is 3.18. The molecule has 6 nitrogen and oxygen atoms in total. The van der Waals surface area contributed by atoms with Gasteiger partial charge in [-0.2, -0.15) is 0 Å². The fraction of sp³-hybridized carbons (Fsp3) is 0.727. The Kier molecular flexibility index (Phi) is 4.09. The first-order chi connectivity index (χ1) is 7.88. The third-order valence-electron chi connectivity index (χ3n) is 2.86. The van der Waals surface area contributed by atoms with Crippen LogP contribution in [0.25, 0.3) is 0 Å². The Balaban J connectivity index is 2.63. The predicted octanol–water partition coefficient (Wildman–Crippen LogP) is 0.117. The SMILES string of the molecule is COC(=O)CN(C(=O)C1CC1C(=O)O)C(C)C. The van der Waals surface area contributed by atoms with Crippen LogP contribution in [-0.4, -0.2) is 47.5 Å².